The van der Waals surface area contributed by atoms with Gasteiger partial charge in [0.1, 0.15) is 5.76 Å². The second-order valence-corrected chi connectivity index (χ2v) is 3.42. The summed E-state index contributed by atoms with van der Waals surface area (Å²) in [4.78, 5) is 11.3. The van der Waals surface area contributed by atoms with E-state index in [1.165, 1.54) is 0 Å². The minimum absolute atomic E-state index is 0.118. The number of allylic oxidation sites excluding steroid dienone is 1. The average Bonchev–Trinajstić information content (AvgIpc) is 2.56. The Kier molecular flexibility index (Phi) is 0.827. The summed E-state index contributed by atoms with van der Waals surface area (Å²) >= 11 is 0. The number of carbonyl (C=O) groups excluding carboxylic acids is 1. The van der Waals surface area contributed by atoms with E-state index in [4.69, 9.17) is 9.47 Å². The average molecular weight is 164 g/mol. The summed E-state index contributed by atoms with van der Waals surface area (Å²) in [5, 5.41) is 0. The fraction of sp³-hybridized carbons (Fsp3) is 0.444. The molecule has 0 radical (unpaired) electrons. The lowest BCUT2D eigenvalue weighted by atomic mass is 9.94. The summed E-state index contributed by atoms with van der Waals surface area (Å²) < 4.78 is 10.7. The maximum atomic E-state index is 11.3. The van der Waals surface area contributed by atoms with Crippen molar-refractivity contribution in [3.63, 3.8) is 0 Å². The normalized spacial score (nSPS) is 36.3. The van der Waals surface area contributed by atoms with Crippen LogP contribution >= 0.6 is 0 Å². The van der Waals surface area contributed by atoms with Crippen molar-refractivity contribution in [1.82, 2.24) is 0 Å². The minimum Gasteiger partial charge on any atom is -0.481 e. The molecule has 0 saturated carbocycles. The number of esters is 1. The zero-order chi connectivity index (χ0) is 8.46. The van der Waals surface area contributed by atoms with Crippen molar-refractivity contribution < 1.29 is 14.3 Å². The number of rotatable bonds is 0. The molecule has 0 aromatic carbocycles. The van der Waals surface area contributed by atoms with Crippen molar-refractivity contribution in [3.8, 4) is 0 Å². The predicted molar refractivity (Wildman–Crippen MR) is 40.2 cm³/mol. The summed E-state index contributed by atoms with van der Waals surface area (Å²) in [5.41, 5.74) is 2.77. The van der Waals surface area contributed by atoms with Crippen molar-refractivity contribution in [2.75, 3.05) is 0 Å². The molecule has 1 fully saturated rings. The molecule has 1 saturated heterocycles. The molecule has 0 N–H and O–H groups in total. The number of carbonyl (C=O) groups is 1. The van der Waals surface area contributed by atoms with Crippen LogP contribution in [0.1, 0.15) is 13.8 Å². The van der Waals surface area contributed by atoms with Crippen molar-refractivity contribution in [2.45, 2.75) is 26.1 Å². The smallest absolute Gasteiger partial charge is 0.339 e. The largest absolute Gasteiger partial charge is 0.481 e. The van der Waals surface area contributed by atoms with Gasteiger partial charge in [0.2, 0.25) is 0 Å². The van der Waals surface area contributed by atoms with Crippen LogP contribution in [0.4, 0.5) is 0 Å². The molecular weight excluding hydrogens is 156 g/mol. The molecular formula is C9H8O3. The van der Waals surface area contributed by atoms with E-state index < -0.39 is 0 Å². The molecule has 0 aliphatic carbocycles. The van der Waals surface area contributed by atoms with E-state index in [2.05, 4.69) is 0 Å². The van der Waals surface area contributed by atoms with E-state index in [0.717, 1.165) is 22.5 Å². The highest BCUT2D eigenvalue weighted by Gasteiger charge is 2.54. The lowest BCUT2D eigenvalue weighted by Crippen LogP contribution is -2.18. The van der Waals surface area contributed by atoms with Crippen LogP contribution in [0.3, 0.4) is 0 Å². The van der Waals surface area contributed by atoms with Gasteiger partial charge in [-0.25, -0.2) is 4.79 Å². The van der Waals surface area contributed by atoms with Crippen LogP contribution in [-0.4, -0.2) is 18.2 Å². The first-order valence-electron chi connectivity index (χ1n) is 3.99. The molecule has 0 spiro atoms. The standard InChI is InChI=1S/C9H8O3/c1-3-5-8-7(12-9(5)10)4(2)6(3)11-8/h7-8H,1-2H3/t7-,8?/m1/s1. The monoisotopic (exact) mass is 164 g/mol. The van der Waals surface area contributed by atoms with Crippen LogP contribution in [0.25, 0.3) is 0 Å². The van der Waals surface area contributed by atoms with E-state index in [0.29, 0.717) is 0 Å². The molecule has 0 aromatic rings. The highest BCUT2D eigenvalue weighted by atomic mass is 16.6. The minimum atomic E-state index is -0.200. The van der Waals surface area contributed by atoms with Gasteiger partial charge in [-0.15, -0.1) is 0 Å². The Morgan fingerprint density at radius 3 is 2.58 bits per heavy atom. The fourth-order valence-electron chi connectivity index (χ4n) is 2.17. The molecule has 2 atom stereocenters. The maximum Gasteiger partial charge on any atom is 0.339 e. The molecule has 3 heterocycles. The predicted octanol–water partition coefficient (Wildman–Crippen LogP) is 0.915. The topological polar surface area (TPSA) is 35.5 Å². The Labute approximate surface area is 69.7 Å². The Morgan fingerprint density at radius 1 is 1.17 bits per heavy atom. The van der Waals surface area contributed by atoms with Gasteiger partial charge in [-0.3, -0.25) is 0 Å². The third kappa shape index (κ3) is 0.435. The second kappa shape index (κ2) is 1.58. The maximum absolute atomic E-state index is 11.3. The quantitative estimate of drug-likeness (QED) is 0.499. The second-order valence-electron chi connectivity index (χ2n) is 3.42. The summed E-state index contributed by atoms with van der Waals surface area (Å²) in [6.45, 7) is 3.87. The number of ether oxygens (including phenoxy) is 2. The third-order valence-corrected chi connectivity index (χ3v) is 2.79. The first kappa shape index (κ1) is 6.29. The van der Waals surface area contributed by atoms with Crippen LogP contribution in [0, 0.1) is 0 Å². The van der Waals surface area contributed by atoms with Crippen LogP contribution < -0.4 is 0 Å². The summed E-state index contributed by atoms with van der Waals surface area (Å²) in [6, 6.07) is 0. The zero-order valence-electron chi connectivity index (χ0n) is 6.88. The lowest BCUT2D eigenvalue weighted by molar-refractivity contribution is -0.137. The van der Waals surface area contributed by atoms with Gasteiger partial charge in [-0.1, -0.05) is 0 Å². The van der Waals surface area contributed by atoms with Gasteiger partial charge in [0.25, 0.3) is 0 Å². The fourth-order valence-corrected chi connectivity index (χ4v) is 2.17. The molecule has 0 amide bonds. The highest BCUT2D eigenvalue weighted by Crippen LogP contribution is 2.48. The van der Waals surface area contributed by atoms with E-state index in [9.17, 15) is 4.79 Å². The molecule has 1 unspecified atom stereocenters. The van der Waals surface area contributed by atoms with E-state index in [1.54, 1.807) is 0 Å². The van der Waals surface area contributed by atoms with Crippen LogP contribution in [0.15, 0.2) is 22.5 Å². The third-order valence-electron chi connectivity index (χ3n) is 2.79. The van der Waals surface area contributed by atoms with E-state index in [1.807, 2.05) is 13.8 Å². The van der Waals surface area contributed by atoms with Gasteiger partial charge in [-0.05, 0) is 13.8 Å². The zero-order valence-corrected chi connectivity index (χ0v) is 6.88. The SMILES string of the molecule is CC1=C2C(=O)O[C@@H]3C(C)=C1OC23. The molecule has 62 valence electrons. The van der Waals surface area contributed by atoms with Crippen molar-refractivity contribution in [3.05, 3.63) is 22.5 Å². The Bertz CT molecular complexity index is 362. The van der Waals surface area contributed by atoms with Gasteiger partial charge in [0.15, 0.2) is 12.2 Å². The van der Waals surface area contributed by atoms with Crippen molar-refractivity contribution in [1.29, 1.82) is 0 Å². The molecule has 0 aromatic heterocycles. The first-order valence-corrected chi connectivity index (χ1v) is 3.99. The summed E-state index contributed by atoms with van der Waals surface area (Å²) in [7, 11) is 0. The number of hydrogen-bond donors (Lipinski definition) is 0. The molecule has 3 rings (SSSR count). The molecule has 2 bridgehead atoms. The summed E-state index contributed by atoms with van der Waals surface area (Å²) in [6.07, 6.45) is -0.237. The van der Waals surface area contributed by atoms with Gasteiger partial charge in [-0.2, -0.15) is 0 Å². The Morgan fingerprint density at radius 2 is 1.92 bits per heavy atom. The highest BCUT2D eigenvalue weighted by molar-refractivity contribution is 5.96. The summed E-state index contributed by atoms with van der Waals surface area (Å²) in [5.74, 6) is 0.681. The van der Waals surface area contributed by atoms with Gasteiger partial charge in [0.05, 0.1) is 5.57 Å². The van der Waals surface area contributed by atoms with Gasteiger partial charge >= 0.3 is 5.97 Å². The van der Waals surface area contributed by atoms with Crippen molar-refractivity contribution in [2.24, 2.45) is 0 Å². The van der Waals surface area contributed by atoms with Gasteiger partial charge < -0.3 is 9.47 Å². The Hall–Kier alpha value is -1.25. The van der Waals surface area contributed by atoms with Crippen LogP contribution in [0.2, 0.25) is 0 Å². The molecule has 3 aliphatic rings. The van der Waals surface area contributed by atoms with E-state index >= 15 is 0 Å². The number of fused-ring (bicyclic) bond motifs is 1. The first-order chi connectivity index (χ1) is 5.70. The van der Waals surface area contributed by atoms with Crippen molar-refractivity contribution >= 4 is 5.97 Å². The lowest BCUT2D eigenvalue weighted by Gasteiger charge is -2.06. The van der Waals surface area contributed by atoms with Crippen LogP contribution in [0.5, 0.6) is 0 Å². The number of hydrogen-bond acceptors (Lipinski definition) is 3. The molecule has 3 aliphatic heterocycles. The molecule has 12 heavy (non-hydrogen) atoms. The Balaban J connectivity index is 2.30. The molecule has 3 heteroatoms. The van der Waals surface area contributed by atoms with Gasteiger partial charge in [0, 0.05) is 11.1 Å². The van der Waals surface area contributed by atoms with E-state index in [-0.39, 0.29) is 18.2 Å². The van der Waals surface area contributed by atoms with Crippen LogP contribution in [-0.2, 0) is 14.3 Å². The molecule has 3 nitrogen and oxygen atoms in total.